The minimum absolute atomic E-state index is 0.0420. The number of esters is 1. The van der Waals surface area contributed by atoms with Crippen LogP contribution in [0.3, 0.4) is 0 Å². The van der Waals surface area contributed by atoms with Crippen molar-refractivity contribution in [1.29, 1.82) is 0 Å². The molecule has 1 aliphatic rings. The second kappa shape index (κ2) is 11.3. The van der Waals surface area contributed by atoms with Crippen LogP contribution >= 0.6 is 0 Å². The molecule has 182 valence electrons. The number of nitro benzene ring substituents is 1. The average molecular weight is 472 g/mol. The second-order valence-corrected chi connectivity index (χ2v) is 7.47. The van der Waals surface area contributed by atoms with Crippen molar-refractivity contribution in [2.24, 2.45) is 0 Å². The molecule has 0 unspecified atom stereocenters. The van der Waals surface area contributed by atoms with Crippen molar-refractivity contribution in [1.82, 2.24) is 9.88 Å². The maximum Gasteiger partial charge on any atom is 0.339 e. The lowest BCUT2D eigenvalue weighted by Crippen LogP contribution is -2.35. The molecule has 0 bridgehead atoms. The highest BCUT2D eigenvalue weighted by molar-refractivity contribution is 5.99. The standard InChI is InChI=1S/C23H28N4O7/c1-4-33-20-13-17(18(27(30)31)14-19(20)32-3)22(28)26-10-6-9-25(11-12-26)21-8-7-16(15-24-21)23(29)34-5-2/h7-8,13-15H,4-6,9-12H2,1-3H3. The van der Waals surface area contributed by atoms with Gasteiger partial charge in [0.05, 0.1) is 36.9 Å². The lowest BCUT2D eigenvalue weighted by Gasteiger charge is -2.23. The molecule has 0 saturated carbocycles. The lowest BCUT2D eigenvalue weighted by molar-refractivity contribution is -0.385. The summed E-state index contributed by atoms with van der Waals surface area (Å²) < 4.78 is 15.7. The molecule has 0 aliphatic carbocycles. The number of hydrogen-bond donors (Lipinski definition) is 0. The van der Waals surface area contributed by atoms with Crippen LogP contribution in [0.4, 0.5) is 11.5 Å². The Balaban J connectivity index is 1.77. The Hall–Kier alpha value is -3.89. The van der Waals surface area contributed by atoms with Crippen molar-refractivity contribution in [2.45, 2.75) is 20.3 Å². The Morgan fingerprint density at radius 3 is 2.50 bits per heavy atom. The molecule has 3 rings (SSSR count). The molecule has 11 nitrogen and oxygen atoms in total. The zero-order valence-electron chi connectivity index (χ0n) is 19.5. The maximum atomic E-state index is 13.3. The molecule has 2 heterocycles. The summed E-state index contributed by atoms with van der Waals surface area (Å²) in [5.74, 6) is 0.284. The van der Waals surface area contributed by atoms with Crippen molar-refractivity contribution in [3.05, 3.63) is 51.7 Å². The molecular weight excluding hydrogens is 444 g/mol. The summed E-state index contributed by atoms with van der Waals surface area (Å²) in [6.45, 7) is 6.04. The van der Waals surface area contributed by atoms with Crippen LogP contribution in [0.2, 0.25) is 0 Å². The van der Waals surface area contributed by atoms with Crippen molar-refractivity contribution < 1.29 is 28.7 Å². The van der Waals surface area contributed by atoms with E-state index in [9.17, 15) is 19.7 Å². The van der Waals surface area contributed by atoms with E-state index in [1.807, 2.05) is 4.90 Å². The summed E-state index contributed by atoms with van der Waals surface area (Å²) >= 11 is 0. The first-order valence-corrected chi connectivity index (χ1v) is 11.1. The monoisotopic (exact) mass is 472 g/mol. The van der Waals surface area contributed by atoms with Crippen LogP contribution < -0.4 is 14.4 Å². The number of rotatable bonds is 8. The van der Waals surface area contributed by atoms with Crippen LogP contribution in [-0.2, 0) is 4.74 Å². The van der Waals surface area contributed by atoms with Crippen molar-refractivity contribution in [3.63, 3.8) is 0 Å². The highest BCUT2D eigenvalue weighted by Gasteiger charge is 2.29. The average Bonchev–Trinajstić information content (AvgIpc) is 3.10. The smallest absolute Gasteiger partial charge is 0.339 e. The van der Waals surface area contributed by atoms with Gasteiger partial charge in [0.25, 0.3) is 11.6 Å². The van der Waals surface area contributed by atoms with E-state index in [1.54, 1.807) is 30.9 Å². The van der Waals surface area contributed by atoms with Crippen LogP contribution in [0.25, 0.3) is 0 Å². The van der Waals surface area contributed by atoms with E-state index < -0.39 is 16.8 Å². The van der Waals surface area contributed by atoms with Crippen LogP contribution in [0.15, 0.2) is 30.5 Å². The first kappa shape index (κ1) is 24.7. The molecule has 1 fully saturated rings. The number of pyridine rings is 1. The normalized spacial score (nSPS) is 13.7. The van der Waals surface area contributed by atoms with Crippen molar-refractivity contribution >= 4 is 23.4 Å². The van der Waals surface area contributed by atoms with Gasteiger partial charge in [0.15, 0.2) is 11.5 Å². The minimum Gasteiger partial charge on any atom is -0.493 e. The van der Waals surface area contributed by atoms with Crippen molar-refractivity contribution in [3.8, 4) is 11.5 Å². The summed E-state index contributed by atoms with van der Waals surface area (Å²) in [6.07, 6.45) is 2.12. The number of methoxy groups -OCH3 is 1. The van der Waals surface area contributed by atoms with Gasteiger partial charge in [-0.25, -0.2) is 9.78 Å². The van der Waals surface area contributed by atoms with Gasteiger partial charge in [0, 0.05) is 38.4 Å². The number of amides is 1. The Morgan fingerprint density at radius 1 is 1.09 bits per heavy atom. The molecule has 1 aromatic carbocycles. The molecule has 0 radical (unpaired) electrons. The van der Waals surface area contributed by atoms with Gasteiger partial charge in [0.2, 0.25) is 0 Å². The number of nitrogens with zero attached hydrogens (tertiary/aromatic N) is 4. The predicted molar refractivity (Wildman–Crippen MR) is 124 cm³/mol. The fourth-order valence-corrected chi connectivity index (χ4v) is 3.73. The SMILES string of the molecule is CCOC(=O)c1ccc(N2CCCN(C(=O)c3cc(OCC)c(OC)cc3[N+](=O)[O-])CC2)nc1. The largest absolute Gasteiger partial charge is 0.493 e. The van der Waals surface area contributed by atoms with Gasteiger partial charge < -0.3 is 24.0 Å². The van der Waals surface area contributed by atoms with Gasteiger partial charge in [-0.2, -0.15) is 0 Å². The summed E-state index contributed by atoms with van der Waals surface area (Å²) in [4.78, 5) is 44.2. The summed E-state index contributed by atoms with van der Waals surface area (Å²) in [5, 5.41) is 11.7. The number of hydrogen-bond acceptors (Lipinski definition) is 9. The topological polar surface area (TPSA) is 124 Å². The van der Waals surface area contributed by atoms with Gasteiger partial charge in [-0.15, -0.1) is 0 Å². The second-order valence-electron chi connectivity index (χ2n) is 7.47. The fraction of sp³-hybridized carbons (Fsp3) is 0.435. The quantitative estimate of drug-likeness (QED) is 0.324. The first-order valence-electron chi connectivity index (χ1n) is 11.1. The van der Waals surface area contributed by atoms with E-state index in [4.69, 9.17) is 14.2 Å². The Morgan fingerprint density at radius 2 is 1.88 bits per heavy atom. The zero-order chi connectivity index (χ0) is 24.7. The third-order valence-corrected chi connectivity index (χ3v) is 5.38. The molecule has 2 aromatic rings. The molecule has 1 saturated heterocycles. The molecular formula is C23H28N4O7. The summed E-state index contributed by atoms with van der Waals surface area (Å²) in [6, 6.07) is 6.00. The van der Waals surface area contributed by atoms with Crippen LogP contribution in [-0.4, -0.2) is 73.2 Å². The van der Waals surface area contributed by atoms with E-state index >= 15 is 0 Å². The summed E-state index contributed by atoms with van der Waals surface area (Å²) in [5.41, 5.74) is -0.00335. The zero-order valence-corrected chi connectivity index (χ0v) is 19.5. The number of anilines is 1. The van der Waals surface area contributed by atoms with E-state index in [2.05, 4.69) is 4.98 Å². The molecule has 34 heavy (non-hydrogen) atoms. The maximum absolute atomic E-state index is 13.3. The van der Waals surface area contributed by atoms with E-state index in [1.165, 1.54) is 25.4 Å². The van der Waals surface area contributed by atoms with Crippen LogP contribution in [0, 0.1) is 10.1 Å². The van der Waals surface area contributed by atoms with Crippen LogP contribution in [0.5, 0.6) is 11.5 Å². The fourth-order valence-electron chi connectivity index (χ4n) is 3.73. The molecule has 11 heteroatoms. The van der Waals surface area contributed by atoms with E-state index in [0.717, 1.165) is 0 Å². The molecule has 1 aromatic heterocycles. The van der Waals surface area contributed by atoms with Gasteiger partial charge in [-0.05, 0) is 32.4 Å². The van der Waals surface area contributed by atoms with Crippen LogP contribution in [0.1, 0.15) is 41.0 Å². The number of ether oxygens (including phenoxy) is 3. The minimum atomic E-state index is -0.593. The highest BCUT2D eigenvalue weighted by Crippen LogP contribution is 2.35. The number of benzene rings is 1. The number of carbonyl (C=O) groups is 2. The Kier molecular flexibility index (Phi) is 8.23. The third kappa shape index (κ3) is 5.53. The molecule has 1 aliphatic heterocycles. The third-order valence-electron chi connectivity index (χ3n) is 5.38. The van der Waals surface area contributed by atoms with Gasteiger partial charge in [-0.3, -0.25) is 14.9 Å². The number of aromatic nitrogens is 1. The van der Waals surface area contributed by atoms with E-state index in [0.29, 0.717) is 50.6 Å². The molecule has 0 spiro atoms. The molecule has 1 amide bonds. The van der Waals surface area contributed by atoms with Gasteiger partial charge in [0.1, 0.15) is 11.4 Å². The Labute approximate surface area is 197 Å². The summed E-state index contributed by atoms with van der Waals surface area (Å²) in [7, 11) is 1.39. The van der Waals surface area contributed by atoms with Gasteiger partial charge in [-0.1, -0.05) is 0 Å². The first-order chi connectivity index (χ1) is 16.4. The van der Waals surface area contributed by atoms with Crippen molar-refractivity contribution in [2.75, 3.05) is 51.4 Å². The lowest BCUT2D eigenvalue weighted by atomic mass is 10.1. The number of carbonyl (C=O) groups excluding carboxylic acids is 2. The predicted octanol–water partition coefficient (Wildman–Crippen LogP) is 2.93. The Bertz CT molecular complexity index is 1040. The highest BCUT2D eigenvalue weighted by atomic mass is 16.6. The molecule has 0 atom stereocenters. The van der Waals surface area contributed by atoms with Gasteiger partial charge >= 0.3 is 5.97 Å². The van der Waals surface area contributed by atoms with E-state index in [-0.39, 0.29) is 29.4 Å². The number of nitro groups is 1. The molecule has 0 N–H and O–H groups in total.